The van der Waals surface area contributed by atoms with Crippen LogP contribution in [0.5, 0.6) is 0 Å². The van der Waals surface area contributed by atoms with Crippen molar-refractivity contribution in [2.45, 2.75) is 50.5 Å². The highest BCUT2D eigenvalue weighted by atomic mass is 16.8. The van der Waals surface area contributed by atoms with Crippen LogP contribution in [0, 0.1) is 5.92 Å². The Labute approximate surface area is 124 Å². The van der Waals surface area contributed by atoms with Crippen LogP contribution in [0.25, 0.3) is 0 Å². The summed E-state index contributed by atoms with van der Waals surface area (Å²) in [5, 5.41) is 12.5. The fourth-order valence-electron chi connectivity index (χ4n) is 3.81. The molecule has 0 spiro atoms. The number of fused-ring (bicyclic) bond motifs is 3. The number of rotatable bonds is 2. The maximum Gasteiger partial charge on any atom is 0.163 e. The van der Waals surface area contributed by atoms with E-state index in [4.69, 9.17) is 14.3 Å². The van der Waals surface area contributed by atoms with Gasteiger partial charge in [-0.1, -0.05) is 30.3 Å². The minimum Gasteiger partial charge on any atom is -0.389 e. The van der Waals surface area contributed by atoms with Crippen molar-refractivity contribution in [1.29, 1.82) is 0 Å². The molecule has 1 aromatic rings. The summed E-state index contributed by atoms with van der Waals surface area (Å²) in [6, 6.07) is 10.1. The summed E-state index contributed by atoms with van der Waals surface area (Å²) in [6.45, 7) is 5.03. The van der Waals surface area contributed by atoms with E-state index >= 15 is 0 Å². The lowest BCUT2D eigenvalue weighted by Gasteiger charge is -2.28. The second-order valence-corrected chi connectivity index (χ2v) is 6.57. The van der Waals surface area contributed by atoms with Gasteiger partial charge in [0, 0.05) is 12.5 Å². The zero-order valence-corrected chi connectivity index (χ0v) is 12.3. The maximum atomic E-state index is 10.6. The van der Waals surface area contributed by atoms with Crippen LogP contribution >= 0.6 is 0 Å². The van der Waals surface area contributed by atoms with Gasteiger partial charge in [0.15, 0.2) is 5.79 Å². The molecule has 4 rings (SSSR count). The minimum absolute atomic E-state index is 0.0590. The summed E-state index contributed by atoms with van der Waals surface area (Å²) < 4.78 is 11.8. The second-order valence-electron chi connectivity index (χ2n) is 6.57. The van der Waals surface area contributed by atoms with E-state index in [1.165, 1.54) is 5.56 Å². The van der Waals surface area contributed by atoms with Crippen molar-refractivity contribution in [2.24, 2.45) is 5.92 Å². The highest BCUT2D eigenvalue weighted by Crippen LogP contribution is 2.46. The van der Waals surface area contributed by atoms with E-state index < -0.39 is 11.9 Å². The van der Waals surface area contributed by atoms with Crippen molar-refractivity contribution in [3.05, 3.63) is 35.9 Å². The molecule has 1 aromatic carbocycles. The zero-order valence-electron chi connectivity index (χ0n) is 12.3. The highest BCUT2D eigenvalue weighted by molar-refractivity contribution is 5.16. The van der Waals surface area contributed by atoms with Gasteiger partial charge in [-0.3, -0.25) is 4.84 Å². The van der Waals surface area contributed by atoms with Crippen LogP contribution in [-0.2, 0) is 20.9 Å². The fourth-order valence-corrected chi connectivity index (χ4v) is 3.81. The summed E-state index contributed by atoms with van der Waals surface area (Å²) in [5.41, 5.74) is 1.17. The Morgan fingerprint density at radius 1 is 1.19 bits per heavy atom. The summed E-state index contributed by atoms with van der Waals surface area (Å²) >= 11 is 0. The Hall–Kier alpha value is -0.980. The van der Waals surface area contributed by atoms with E-state index in [2.05, 4.69) is 12.1 Å². The average molecular weight is 291 g/mol. The Balaban J connectivity index is 1.52. The standard InChI is InChI=1S/C16H21NO4/c1-16(2)20-14-11-9-19-17(8-10-6-4-3-5-7-10)12(11)13(18)15(14)21-16/h3-7,11-15,18H,8-9H2,1-2H3/t11-,12+,13-,14-,15+/m0/s1. The van der Waals surface area contributed by atoms with Crippen LogP contribution in [0.4, 0.5) is 0 Å². The van der Waals surface area contributed by atoms with Crippen molar-refractivity contribution in [2.75, 3.05) is 6.61 Å². The van der Waals surface area contributed by atoms with Gasteiger partial charge in [-0.05, 0) is 19.4 Å². The number of nitrogens with zero attached hydrogens (tertiary/aromatic N) is 1. The van der Waals surface area contributed by atoms with Gasteiger partial charge in [0.25, 0.3) is 0 Å². The molecule has 5 heteroatoms. The molecule has 1 N–H and O–H groups in total. The quantitative estimate of drug-likeness (QED) is 0.890. The van der Waals surface area contributed by atoms with Gasteiger partial charge in [-0.25, -0.2) is 0 Å². The fraction of sp³-hybridized carbons (Fsp3) is 0.625. The van der Waals surface area contributed by atoms with Gasteiger partial charge in [0.2, 0.25) is 0 Å². The molecule has 3 fully saturated rings. The van der Waals surface area contributed by atoms with Gasteiger partial charge in [-0.2, -0.15) is 5.06 Å². The van der Waals surface area contributed by atoms with Crippen LogP contribution in [0.15, 0.2) is 30.3 Å². The molecule has 21 heavy (non-hydrogen) atoms. The van der Waals surface area contributed by atoms with Crippen molar-refractivity contribution in [1.82, 2.24) is 5.06 Å². The van der Waals surface area contributed by atoms with Crippen molar-refractivity contribution < 1.29 is 19.4 Å². The molecule has 2 aliphatic heterocycles. The third-order valence-corrected chi connectivity index (χ3v) is 4.66. The SMILES string of the molecule is CC1(C)O[C@@H]2[C@@H](O)[C@H]3[C@H](CON3Cc3ccccc3)[C@@H]2O1. The predicted octanol–water partition coefficient (Wildman–Crippen LogP) is 1.31. The van der Waals surface area contributed by atoms with Gasteiger partial charge in [0.05, 0.1) is 18.8 Å². The number of aliphatic hydroxyl groups excluding tert-OH is 1. The smallest absolute Gasteiger partial charge is 0.163 e. The lowest BCUT2D eigenvalue weighted by atomic mass is 10.0. The molecule has 0 aromatic heterocycles. The molecule has 1 saturated carbocycles. The van der Waals surface area contributed by atoms with Crippen LogP contribution in [-0.4, -0.2) is 46.9 Å². The van der Waals surface area contributed by atoms with E-state index in [0.717, 1.165) is 0 Å². The van der Waals surface area contributed by atoms with E-state index in [1.807, 2.05) is 37.1 Å². The van der Waals surface area contributed by atoms with Gasteiger partial charge in [0.1, 0.15) is 12.2 Å². The van der Waals surface area contributed by atoms with Crippen LogP contribution in [0.1, 0.15) is 19.4 Å². The van der Waals surface area contributed by atoms with Crippen LogP contribution in [0.2, 0.25) is 0 Å². The van der Waals surface area contributed by atoms with E-state index in [0.29, 0.717) is 13.2 Å². The number of hydroxylamine groups is 2. The molecule has 2 heterocycles. The molecule has 0 amide bonds. The minimum atomic E-state index is -0.617. The first-order valence-electron chi connectivity index (χ1n) is 7.52. The summed E-state index contributed by atoms with van der Waals surface area (Å²) in [6.07, 6.45) is -0.911. The third-order valence-electron chi connectivity index (χ3n) is 4.66. The zero-order chi connectivity index (χ0) is 14.6. The molecule has 5 nitrogen and oxygen atoms in total. The van der Waals surface area contributed by atoms with Crippen molar-refractivity contribution >= 4 is 0 Å². The largest absolute Gasteiger partial charge is 0.389 e. The normalized spacial score (nSPS) is 41.2. The van der Waals surface area contributed by atoms with Crippen molar-refractivity contribution in [3.8, 4) is 0 Å². The molecule has 1 aliphatic carbocycles. The molecular weight excluding hydrogens is 270 g/mol. The lowest BCUT2D eigenvalue weighted by molar-refractivity contribution is -0.189. The lowest BCUT2D eigenvalue weighted by Crippen LogP contribution is -2.42. The average Bonchev–Trinajstić information content (AvgIpc) is 3.05. The van der Waals surface area contributed by atoms with Crippen LogP contribution < -0.4 is 0 Å². The molecule has 0 bridgehead atoms. The molecule has 0 unspecified atom stereocenters. The topological polar surface area (TPSA) is 51.2 Å². The molecule has 3 aliphatic rings. The number of hydrogen-bond donors (Lipinski definition) is 1. The van der Waals surface area contributed by atoms with Gasteiger partial charge in [-0.15, -0.1) is 0 Å². The van der Waals surface area contributed by atoms with Crippen LogP contribution in [0.3, 0.4) is 0 Å². The molecule has 5 atom stereocenters. The summed E-state index contributed by atoms with van der Waals surface area (Å²) in [5.74, 6) is -0.454. The predicted molar refractivity (Wildman–Crippen MR) is 75.0 cm³/mol. The Morgan fingerprint density at radius 2 is 1.90 bits per heavy atom. The van der Waals surface area contributed by atoms with E-state index in [9.17, 15) is 5.11 Å². The van der Waals surface area contributed by atoms with E-state index in [1.54, 1.807) is 0 Å². The highest BCUT2D eigenvalue weighted by Gasteiger charge is 2.62. The van der Waals surface area contributed by atoms with Gasteiger partial charge < -0.3 is 14.6 Å². The monoisotopic (exact) mass is 291 g/mol. The Kier molecular flexibility index (Phi) is 3.10. The third kappa shape index (κ3) is 2.20. The Bertz CT molecular complexity index is 520. The number of benzene rings is 1. The maximum absolute atomic E-state index is 10.6. The molecular formula is C16H21NO4. The first kappa shape index (κ1) is 13.7. The first-order chi connectivity index (χ1) is 10.1. The number of aliphatic hydroxyl groups is 1. The molecule has 114 valence electrons. The second kappa shape index (κ2) is 4.76. The summed E-state index contributed by atoms with van der Waals surface area (Å²) in [7, 11) is 0. The van der Waals surface area contributed by atoms with Crippen molar-refractivity contribution in [3.63, 3.8) is 0 Å². The first-order valence-corrected chi connectivity index (χ1v) is 7.52. The molecule has 2 saturated heterocycles. The number of hydrogen-bond acceptors (Lipinski definition) is 5. The number of ether oxygens (including phenoxy) is 2. The Morgan fingerprint density at radius 3 is 2.67 bits per heavy atom. The molecule has 0 radical (unpaired) electrons. The van der Waals surface area contributed by atoms with Gasteiger partial charge >= 0.3 is 0 Å². The summed E-state index contributed by atoms with van der Waals surface area (Å²) in [4.78, 5) is 5.81. The van der Waals surface area contributed by atoms with E-state index in [-0.39, 0.29) is 24.2 Å².